The second kappa shape index (κ2) is 7.25. The number of rotatable bonds is 4. The van der Waals surface area contributed by atoms with Crippen molar-refractivity contribution in [3.63, 3.8) is 0 Å². The number of aryl methyl sites for hydroxylation is 1. The van der Waals surface area contributed by atoms with Crippen molar-refractivity contribution in [1.82, 2.24) is 9.55 Å². The monoisotopic (exact) mass is 375 g/mol. The van der Waals surface area contributed by atoms with Crippen LogP contribution in [0, 0.1) is 0 Å². The summed E-state index contributed by atoms with van der Waals surface area (Å²) in [6, 6.07) is 10.6. The van der Waals surface area contributed by atoms with Crippen LogP contribution in [0.15, 0.2) is 47.5 Å². The molecule has 3 rings (SSSR count). The van der Waals surface area contributed by atoms with Gasteiger partial charge in [-0.05, 0) is 36.2 Å². The van der Waals surface area contributed by atoms with Crippen molar-refractivity contribution in [2.75, 3.05) is 5.32 Å². The number of fused-ring (bicyclic) bond motifs is 1. The van der Waals surface area contributed by atoms with Crippen LogP contribution in [-0.4, -0.2) is 15.5 Å². The first-order valence-corrected chi connectivity index (χ1v) is 8.46. The zero-order chi connectivity index (χ0) is 18.0. The second-order valence-electron chi connectivity index (χ2n) is 5.56. The molecule has 7 heteroatoms. The van der Waals surface area contributed by atoms with Gasteiger partial charge in [0.1, 0.15) is 6.54 Å². The van der Waals surface area contributed by atoms with Gasteiger partial charge in [-0.1, -0.05) is 42.3 Å². The lowest BCUT2D eigenvalue weighted by Crippen LogP contribution is -2.28. The zero-order valence-electron chi connectivity index (χ0n) is 13.4. The predicted molar refractivity (Wildman–Crippen MR) is 100 cm³/mol. The summed E-state index contributed by atoms with van der Waals surface area (Å²) in [5.74, 6) is -0.315. The van der Waals surface area contributed by atoms with Gasteiger partial charge in [0, 0.05) is 10.7 Å². The van der Waals surface area contributed by atoms with Gasteiger partial charge >= 0.3 is 0 Å². The standard InChI is InChI=1S/C18H15Cl2N3O2/c1-2-11-4-3-5-13(6-11)22-16(24)9-23-10-21-17-14(18(23)25)7-12(19)8-15(17)20/h3-8,10H,2,9H2,1H3,(H,22,24). The fourth-order valence-corrected chi connectivity index (χ4v) is 3.07. The topological polar surface area (TPSA) is 64.0 Å². The minimum Gasteiger partial charge on any atom is -0.325 e. The number of hydrogen-bond acceptors (Lipinski definition) is 3. The highest BCUT2D eigenvalue weighted by Gasteiger charge is 2.11. The Kier molecular flexibility index (Phi) is 5.06. The van der Waals surface area contributed by atoms with Crippen molar-refractivity contribution in [1.29, 1.82) is 0 Å². The smallest absolute Gasteiger partial charge is 0.261 e. The van der Waals surface area contributed by atoms with Gasteiger partial charge in [0.2, 0.25) is 5.91 Å². The summed E-state index contributed by atoms with van der Waals surface area (Å²) in [5.41, 5.74) is 1.80. The van der Waals surface area contributed by atoms with E-state index in [-0.39, 0.29) is 23.4 Å². The van der Waals surface area contributed by atoms with Gasteiger partial charge in [0.15, 0.2) is 0 Å². The third-order valence-electron chi connectivity index (χ3n) is 3.78. The van der Waals surface area contributed by atoms with Crippen LogP contribution in [0.4, 0.5) is 5.69 Å². The number of benzene rings is 2. The maximum atomic E-state index is 12.5. The Balaban J connectivity index is 1.86. The highest BCUT2D eigenvalue weighted by Crippen LogP contribution is 2.23. The Hall–Kier alpha value is -2.37. The molecule has 0 spiro atoms. The summed E-state index contributed by atoms with van der Waals surface area (Å²) in [6.45, 7) is 1.89. The number of hydrogen-bond donors (Lipinski definition) is 1. The molecule has 5 nitrogen and oxygen atoms in total. The maximum absolute atomic E-state index is 12.5. The lowest BCUT2D eigenvalue weighted by Gasteiger charge is -2.09. The van der Waals surface area contributed by atoms with Gasteiger partial charge in [-0.15, -0.1) is 0 Å². The summed E-state index contributed by atoms with van der Waals surface area (Å²) in [7, 11) is 0. The summed E-state index contributed by atoms with van der Waals surface area (Å²) >= 11 is 12.0. The highest BCUT2D eigenvalue weighted by molar-refractivity contribution is 6.38. The molecule has 0 saturated heterocycles. The van der Waals surface area contributed by atoms with Gasteiger partial charge in [-0.25, -0.2) is 4.98 Å². The van der Waals surface area contributed by atoms with Crippen LogP contribution in [-0.2, 0) is 17.8 Å². The fourth-order valence-electron chi connectivity index (χ4n) is 2.53. The molecule has 2 aromatic carbocycles. The molecule has 0 unspecified atom stereocenters. The molecule has 1 N–H and O–H groups in total. The van der Waals surface area contributed by atoms with Crippen LogP contribution in [0.5, 0.6) is 0 Å². The molecule has 128 valence electrons. The van der Waals surface area contributed by atoms with Crippen molar-refractivity contribution in [3.8, 4) is 0 Å². The van der Waals surface area contributed by atoms with Crippen LogP contribution in [0.2, 0.25) is 10.0 Å². The van der Waals surface area contributed by atoms with Gasteiger partial charge in [0.25, 0.3) is 5.56 Å². The first-order valence-electron chi connectivity index (χ1n) is 7.71. The maximum Gasteiger partial charge on any atom is 0.261 e. The van der Waals surface area contributed by atoms with E-state index in [0.717, 1.165) is 12.0 Å². The van der Waals surface area contributed by atoms with E-state index in [9.17, 15) is 9.59 Å². The van der Waals surface area contributed by atoms with Gasteiger partial charge < -0.3 is 5.32 Å². The molecule has 0 atom stereocenters. The number of carbonyl (C=O) groups excluding carboxylic acids is 1. The normalized spacial score (nSPS) is 10.8. The summed E-state index contributed by atoms with van der Waals surface area (Å²) in [4.78, 5) is 29.0. The fraction of sp³-hybridized carbons (Fsp3) is 0.167. The number of aromatic nitrogens is 2. The third-order valence-corrected chi connectivity index (χ3v) is 4.28. The molecule has 0 aliphatic heterocycles. The first kappa shape index (κ1) is 17.5. The average molecular weight is 376 g/mol. The highest BCUT2D eigenvalue weighted by atomic mass is 35.5. The number of amides is 1. The molecule has 0 radical (unpaired) electrons. The van der Waals surface area contributed by atoms with Crippen molar-refractivity contribution in [3.05, 3.63) is 68.7 Å². The van der Waals surface area contributed by atoms with Crippen molar-refractivity contribution in [2.24, 2.45) is 0 Å². The minimum absolute atomic E-state index is 0.151. The van der Waals surface area contributed by atoms with Crippen molar-refractivity contribution < 1.29 is 4.79 Å². The van der Waals surface area contributed by atoms with Crippen LogP contribution in [0.25, 0.3) is 10.9 Å². The van der Waals surface area contributed by atoms with Crippen LogP contribution >= 0.6 is 23.2 Å². The lowest BCUT2D eigenvalue weighted by molar-refractivity contribution is -0.116. The largest absolute Gasteiger partial charge is 0.325 e. The first-order chi connectivity index (χ1) is 12.0. The van der Waals surface area contributed by atoms with Crippen LogP contribution < -0.4 is 10.9 Å². The number of anilines is 1. The second-order valence-corrected chi connectivity index (χ2v) is 6.41. The Labute approximate surface area is 154 Å². The molecule has 0 fully saturated rings. The summed E-state index contributed by atoms with van der Waals surface area (Å²) in [5, 5.41) is 3.70. The Bertz CT molecular complexity index is 1010. The molecule has 1 aromatic heterocycles. The zero-order valence-corrected chi connectivity index (χ0v) is 14.9. The van der Waals surface area contributed by atoms with Crippen molar-refractivity contribution >= 4 is 45.7 Å². The molecule has 0 aliphatic rings. The summed E-state index contributed by atoms with van der Waals surface area (Å²) < 4.78 is 1.23. The van der Waals surface area contributed by atoms with E-state index >= 15 is 0 Å². The van der Waals surface area contributed by atoms with E-state index in [1.54, 1.807) is 6.07 Å². The molecular weight excluding hydrogens is 361 g/mol. The molecule has 1 heterocycles. The van der Waals surface area contributed by atoms with E-state index in [1.165, 1.54) is 23.0 Å². The molecule has 1 amide bonds. The molecule has 0 aliphatic carbocycles. The minimum atomic E-state index is -0.369. The summed E-state index contributed by atoms with van der Waals surface area (Å²) in [6.07, 6.45) is 2.19. The van der Waals surface area contributed by atoms with E-state index in [2.05, 4.69) is 10.3 Å². The van der Waals surface area contributed by atoms with Crippen LogP contribution in [0.1, 0.15) is 12.5 Å². The predicted octanol–water partition coefficient (Wildman–Crippen LogP) is 3.90. The van der Waals surface area contributed by atoms with E-state index in [0.29, 0.717) is 21.2 Å². The average Bonchev–Trinajstić information content (AvgIpc) is 2.58. The Morgan fingerprint density at radius 2 is 2.04 bits per heavy atom. The Morgan fingerprint density at radius 3 is 2.80 bits per heavy atom. The molecule has 0 bridgehead atoms. The number of carbonyl (C=O) groups is 1. The van der Waals surface area contributed by atoms with Gasteiger partial charge in [0.05, 0.1) is 22.3 Å². The molecule has 0 saturated carbocycles. The van der Waals surface area contributed by atoms with Gasteiger partial charge in [-0.3, -0.25) is 14.2 Å². The van der Waals surface area contributed by atoms with Gasteiger partial charge in [-0.2, -0.15) is 0 Å². The van der Waals surface area contributed by atoms with Crippen molar-refractivity contribution in [2.45, 2.75) is 19.9 Å². The third kappa shape index (κ3) is 3.83. The van der Waals surface area contributed by atoms with Crippen LogP contribution in [0.3, 0.4) is 0 Å². The quantitative estimate of drug-likeness (QED) is 0.751. The Morgan fingerprint density at radius 1 is 1.24 bits per heavy atom. The lowest BCUT2D eigenvalue weighted by atomic mass is 10.1. The van der Waals surface area contributed by atoms with E-state index < -0.39 is 0 Å². The molecule has 25 heavy (non-hydrogen) atoms. The number of nitrogens with one attached hydrogen (secondary N) is 1. The molecule has 3 aromatic rings. The number of nitrogens with zero attached hydrogens (tertiary/aromatic N) is 2. The van der Waals surface area contributed by atoms with E-state index in [4.69, 9.17) is 23.2 Å². The molecular formula is C18H15Cl2N3O2. The van der Waals surface area contributed by atoms with E-state index in [1.807, 2.05) is 25.1 Å². The SMILES string of the molecule is CCc1cccc(NC(=O)Cn2cnc3c(Cl)cc(Cl)cc3c2=O)c1. The number of halogens is 2.